The summed E-state index contributed by atoms with van der Waals surface area (Å²) < 4.78 is 3.73. The van der Waals surface area contributed by atoms with E-state index in [0.29, 0.717) is 0 Å². The van der Waals surface area contributed by atoms with Gasteiger partial charge in [0.25, 0.3) is 0 Å². The number of anilines is 1. The summed E-state index contributed by atoms with van der Waals surface area (Å²) in [6.07, 6.45) is 3.69. The van der Waals surface area contributed by atoms with E-state index in [1.807, 2.05) is 64.9 Å². The van der Waals surface area contributed by atoms with Gasteiger partial charge in [0.15, 0.2) is 5.82 Å². The van der Waals surface area contributed by atoms with E-state index >= 15 is 0 Å². The molecule has 0 amide bonds. The SMILES string of the molecule is CCn1nc(-c2ccc(-n3cccn3)cc2)nc1N(C)C. The highest BCUT2D eigenvalue weighted by atomic mass is 15.4. The fourth-order valence-electron chi connectivity index (χ4n) is 2.18. The number of hydrogen-bond donors (Lipinski definition) is 0. The van der Waals surface area contributed by atoms with E-state index in [9.17, 15) is 0 Å². The Bertz CT molecular complexity index is 709. The quantitative estimate of drug-likeness (QED) is 0.736. The number of aromatic nitrogens is 5. The number of hydrogen-bond acceptors (Lipinski definition) is 4. The molecule has 108 valence electrons. The monoisotopic (exact) mass is 282 g/mol. The minimum atomic E-state index is 0.743. The Morgan fingerprint density at radius 2 is 1.90 bits per heavy atom. The second-order valence-electron chi connectivity index (χ2n) is 4.94. The fourth-order valence-corrected chi connectivity index (χ4v) is 2.18. The van der Waals surface area contributed by atoms with Gasteiger partial charge in [-0.05, 0) is 37.3 Å². The lowest BCUT2D eigenvalue weighted by Crippen LogP contribution is -2.15. The summed E-state index contributed by atoms with van der Waals surface area (Å²) in [6, 6.07) is 9.98. The molecule has 0 saturated heterocycles. The van der Waals surface area contributed by atoms with Crippen LogP contribution in [0.4, 0.5) is 5.95 Å². The normalized spacial score (nSPS) is 10.8. The first-order valence-corrected chi connectivity index (χ1v) is 6.91. The van der Waals surface area contributed by atoms with Crippen LogP contribution in [0.3, 0.4) is 0 Å². The molecule has 6 heteroatoms. The van der Waals surface area contributed by atoms with E-state index in [0.717, 1.165) is 29.6 Å². The Labute approximate surface area is 123 Å². The van der Waals surface area contributed by atoms with E-state index in [2.05, 4.69) is 22.1 Å². The Hall–Kier alpha value is -2.63. The van der Waals surface area contributed by atoms with Gasteiger partial charge in [-0.15, -0.1) is 5.10 Å². The standard InChI is InChI=1S/C15H18N6/c1-4-20-15(19(2)3)17-14(18-20)12-6-8-13(9-7-12)21-11-5-10-16-21/h5-11H,4H2,1-3H3. The van der Waals surface area contributed by atoms with Gasteiger partial charge in [-0.3, -0.25) is 0 Å². The smallest absolute Gasteiger partial charge is 0.223 e. The first-order chi connectivity index (χ1) is 10.2. The van der Waals surface area contributed by atoms with Crippen molar-refractivity contribution in [2.75, 3.05) is 19.0 Å². The zero-order valence-electron chi connectivity index (χ0n) is 12.4. The highest BCUT2D eigenvalue weighted by Gasteiger charge is 2.12. The average Bonchev–Trinajstić information content (AvgIpc) is 3.17. The van der Waals surface area contributed by atoms with Crippen LogP contribution in [-0.2, 0) is 6.54 Å². The number of nitrogens with zero attached hydrogens (tertiary/aromatic N) is 6. The summed E-state index contributed by atoms with van der Waals surface area (Å²) >= 11 is 0. The van der Waals surface area contributed by atoms with Crippen LogP contribution in [0.2, 0.25) is 0 Å². The summed E-state index contributed by atoms with van der Waals surface area (Å²) in [5.74, 6) is 1.61. The molecular weight excluding hydrogens is 264 g/mol. The molecule has 0 unspecified atom stereocenters. The van der Waals surface area contributed by atoms with E-state index in [-0.39, 0.29) is 0 Å². The van der Waals surface area contributed by atoms with Crippen LogP contribution in [0.25, 0.3) is 17.1 Å². The van der Waals surface area contributed by atoms with Gasteiger partial charge < -0.3 is 4.90 Å². The molecule has 0 spiro atoms. The molecule has 0 aliphatic carbocycles. The van der Waals surface area contributed by atoms with Crippen molar-refractivity contribution < 1.29 is 0 Å². The molecule has 0 bridgehead atoms. The van der Waals surface area contributed by atoms with Crippen LogP contribution in [-0.4, -0.2) is 38.6 Å². The van der Waals surface area contributed by atoms with Gasteiger partial charge in [0.1, 0.15) is 0 Å². The van der Waals surface area contributed by atoms with E-state index in [4.69, 9.17) is 0 Å². The first-order valence-electron chi connectivity index (χ1n) is 6.91. The van der Waals surface area contributed by atoms with Crippen LogP contribution in [0.1, 0.15) is 6.92 Å². The van der Waals surface area contributed by atoms with Crippen LogP contribution < -0.4 is 4.90 Å². The van der Waals surface area contributed by atoms with Gasteiger partial charge in [0.05, 0.1) is 5.69 Å². The zero-order valence-corrected chi connectivity index (χ0v) is 12.4. The molecule has 21 heavy (non-hydrogen) atoms. The summed E-state index contributed by atoms with van der Waals surface area (Å²) in [6.45, 7) is 2.86. The molecule has 0 aliphatic rings. The largest absolute Gasteiger partial charge is 0.347 e. The molecule has 0 N–H and O–H groups in total. The molecule has 0 fully saturated rings. The minimum Gasteiger partial charge on any atom is -0.347 e. The molecule has 0 aliphatic heterocycles. The third-order valence-electron chi connectivity index (χ3n) is 3.25. The first kappa shape index (κ1) is 13.4. The van der Waals surface area contributed by atoms with E-state index < -0.39 is 0 Å². The summed E-state index contributed by atoms with van der Waals surface area (Å²) in [5, 5.41) is 8.77. The highest BCUT2D eigenvalue weighted by molar-refractivity contribution is 5.58. The lowest BCUT2D eigenvalue weighted by atomic mass is 10.2. The summed E-state index contributed by atoms with van der Waals surface area (Å²) in [7, 11) is 3.95. The maximum absolute atomic E-state index is 4.60. The second kappa shape index (κ2) is 5.40. The lowest BCUT2D eigenvalue weighted by molar-refractivity contribution is 0.654. The third kappa shape index (κ3) is 2.52. The van der Waals surface area contributed by atoms with Crippen molar-refractivity contribution in [3.63, 3.8) is 0 Å². The van der Waals surface area contributed by atoms with Gasteiger partial charge in [-0.1, -0.05) is 0 Å². The minimum absolute atomic E-state index is 0.743. The van der Waals surface area contributed by atoms with Crippen molar-refractivity contribution >= 4 is 5.95 Å². The molecule has 0 atom stereocenters. The van der Waals surface area contributed by atoms with Crippen molar-refractivity contribution in [1.29, 1.82) is 0 Å². The molecule has 3 aromatic rings. The van der Waals surface area contributed by atoms with Gasteiger partial charge in [-0.2, -0.15) is 10.1 Å². The Balaban J connectivity index is 1.94. The Kier molecular flexibility index (Phi) is 3.43. The lowest BCUT2D eigenvalue weighted by Gasteiger charge is -2.10. The maximum Gasteiger partial charge on any atom is 0.223 e. The Morgan fingerprint density at radius 1 is 1.14 bits per heavy atom. The highest BCUT2D eigenvalue weighted by Crippen LogP contribution is 2.20. The van der Waals surface area contributed by atoms with E-state index in [1.165, 1.54) is 0 Å². The van der Waals surface area contributed by atoms with Crippen LogP contribution >= 0.6 is 0 Å². The van der Waals surface area contributed by atoms with Crippen LogP contribution in [0, 0.1) is 0 Å². The molecule has 2 heterocycles. The van der Waals surface area contributed by atoms with Gasteiger partial charge in [-0.25, -0.2) is 9.36 Å². The summed E-state index contributed by atoms with van der Waals surface area (Å²) in [4.78, 5) is 6.57. The average molecular weight is 282 g/mol. The summed E-state index contributed by atoms with van der Waals surface area (Å²) in [5.41, 5.74) is 2.02. The molecule has 0 saturated carbocycles. The maximum atomic E-state index is 4.60. The molecule has 1 aromatic carbocycles. The number of rotatable bonds is 4. The predicted octanol–water partition coefficient (Wildman–Crippen LogP) is 2.22. The molecular formula is C15H18N6. The van der Waals surface area contributed by atoms with Crippen molar-refractivity contribution in [2.24, 2.45) is 0 Å². The van der Waals surface area contributed by atoms with Crippen molar-refractivity contribution in [3.05, 3.63) is 42.7 Å². The fraction of sp³-hybridized carbons (Fsp3) is 0.267. The van der Waals surface area contributed by atoms with E-state index in [1.54, 1.807) is 6.20 Å². The Morgan fingerprint density at radius 3 is 2.43 bits per heavy atom. The molecule has 2 aromatic heterocycles. The van der Waals surface area contributed by atoms with Crippen LogP contribution in [0.5, 0.6) is 0 Å². The van der Waals surface area contributed by atoms with Crippen molar-refractivity contribution in [1.82, 2.24) is 24.5 Å². The van der Waals surface area contributed by atoms with Crippen LogP contribution in [0.15, 0.2) is 42.7 Å². The molecule has 3 rings (SSSR count). The van der Waals surface area contributed by atoms with Crippen molar-refractivity contribution in [3.8, 4) is 17.1 Å². The van der Waals surface area contributed by atoms with Gasteiger partial charge >= 0.3 is 0 Å². The molecule has 0 radical (unpaired) electrons. The van der Waals surface area contributed by atoms with Gasteiger partial charge in [0.2, 0.25) is 5.95 Å². The van der Waals surface area contributed by atoms with Crippen molar-refractivity contribution in [2.45, 2.75) is 13.5 Å². The zero-order chi connectivity index (χ0) is 14.8. The molecule has 6 nitrogen and oxygen atoms in total. The number of aryl methyl sites for hydroxylation is 1. The topological polar surface area (TPSA) is 51.8 Å². The predicted molar refractivity (Wildman–Crippen MR) is 82.6 cm³/mol. The third-order valence-corrected chi connectivity index (χ3v) is 3.25. The second-order valence-corrected chi connectivity index (χ2v) is 4.94. The number of benzene rings is 1. The van der Waals surface area contributed by atoms with Gasteiger partial charge in [0, 0.05) is 38.6 Å².